The average molecular weight is 424 g/mol. The molecule has 1 fully saturated rings. The lowest BCUT2D eigenvalue weighted by Crippen LogP contribution is -2.34. The largest absolute Gasteiger partial charge is 0.369 e. The Kier molecular flexibility index (Phi) is 6.29. The number of carbonyl (C=O) groups is 1. The molecule has 1 saturated heterocycles. The molecule has 1 atom stereocenters. The van der Waals surface area contributed by atoms with Crippen molar-refractivity contribution in [2.24, 2.45) is 0 Å². The van der Waals surface area contributed by atoms with Crippen molar-refractivity contribution in [2.45, 2.75) is 32.2 Å². The Hall–Kier alpha value is -2.51. The van der Waals surface area contributed by atoms with Crippen molar-refractivity contribution < 1.29 is 4.79 Å². The van der Waals surface area contributed by atoms with Crippen molar-refractivity contribution in [2.75, 3.05) is 39.0 Å². The van der Waals surface area contributed by atoms with Crippen LogP contribution in [0.15, 0.2) is 36.7 Å². The Morgan fingerprint density at radius 3 is 2.80 bits per heavy atom. The molecule has 30 heavy (non-hydrogen) atoms. The van der Waals surface area contributed by atoms with E-state index in [0.717, 1.165) is 65.4 Å². The Morgan fingerprint density at radius 2 is 2.07 bits per heavy atom. The molecule has 6 nitrogen and oxygen atoms in total. The topological polar surface area (TPSA) is 61.4 Å². The van der Waals surface area contributed by atoms with Crippen LogP contribution in [0, 0.1) is 6.92 Å². The van der Waals surface area contributed by atoms with Gasteiger partial charge in [0.05, 0.1) is 10.3 Å². The number of amides is 1. The highest BCUT2D eigenvalue weighted by molar-refractivity contribution is 7.20. The van der Waals surface area contributed by atoms with Crippen LogP contribution in [0.2, 0.25) is 0 Å². The fourth-order valence-electron chi connectivity index (χ4n) is 4.05. The van der Waals surface area contributed by atoms with Crippen LogP contribution in [-0.2, 0) is 6.42 Å². The van der Waals surface area contributed by atoms with Gasteiger partial charge in [-0.15, -0.1) is 11.3 Å². The van der Waals surface area contributed by atoms with E-state index in [9.17, 15) is 4.79 Å². The lowest BCUT2D eigenvalue weighted by Gasteiger charge is -2.20. The summed E-state index contributed by atoms with van der Waals surface area (Å²) in [7, 11) is 4.16. The lowest BCUT2D eigenvalue weighted by molar-refractivity contribution is 0.0787. The van der Waals surface area contributed by atoms with E-state index >= 15 is 0 Å². The molecule has 1 aliphatic rings. The zero-order valence-electron chi connectivity index (χ0n) is 17.9. The number of likely N-dealkylation sites (tertiary alicyclic amines) is 1. The molecule has 0 spiro atoms. The van der Waals surface area contributed by atoms with Crippen LogP contribution < -0.4 is 5.32 Å². The first-order valence-electron chi connectivity index (χ1n) is 10.5. The number of fused-ring (bicyclic) bond motifs is 1. The number of aromatic nitrogens is 2. The molecule has 0 unspecified atom stereocenters. The van der Waals surface area contributed by atoms with E-state index in [0.29, 0.717) is 6.04 Å². The van der Waals surface area contributed by atoms with E-state index in [1.165, 1.54) is 16.9 Å². The van der Waals surface area contributed by atoms with Gasteiger partial charge in [0.1, 0.15) is 17.0 Å². The van der Waals surface area contributed by atoms with Crippen molar-refractivity contribution >= 4 is 33.3 Å². The number of rotatable bonds is 7. The van der Waals surface area contributed by atoms with Gasteiger partial charge in [-0.3, -0.25) is 4.79 Å². The summed E-state index contributed by atoms with van der Waals surface area (Å²) >= 11 is 1.48. The fraction of sp³-hybridized carbons (Fsp3) is 0.435. The Balaban J connectivity index is 1.47. The highest BCUT2D eigenvalue weighted by Gasteiger charge is 2.30. The first-order valence-corrected chi connectivity index (χ1v) is 11.3. The highest BCUT2D eigenvalue weighted by Crippen LogP contribution is 2.34. The third-order valence-electron chi connectivity index (χ3n) is 5.88. The molecule has 3 aromatic rings. The van der Waals surface area contributed by atoms with Crippen molar-refractivity contribution in [1.29, 1.82) is 0 Å². The summed E-state index contributed by atoms with van der Waals surface area (Å²) in [5.74, 6) is 0.948. The van der Waals surface area contributed by atoms with Gasteiger partial charge in [0.25, 0.3) is 5.91 Å². The van der Waals surface area contributed by atoms with Crippen LogP contribution in [0.3, 0.4) is 0 Å². The number of benzene rings is 1. The van der Waals surface area contributed by atoms with Gasteiger partial charge in [0.2, 0.25) is 0 Å². The minimum Gasteiger partial charge on any atom is -0.369 e. The number of hydrogen-bond acceptors (Lipinski definition) is 6. The average Bonchev–Trinajstić information content (AvgIpc) is 3.37. The monoisotopic (exact) mass is 423 g/mol. The van der Waals surface area contributed by atoms with Crippen LogP contribution in [0.1, 0.15) is 33.6 Å². The van der Waals surface area contributed by atoms with E-state index in [-0.39, 0.29) is 5.91 Å². The standard InChI is InChI=1S/C23H29N5OS/c1-16-19-21(24-12-7-10-17-8-5-4-6-9-17)25-15-26-22(19)30-20(16)23(29)28-13-11-18(14-28)27(2)3/h4-6,8-9,15,18H,7,10-14H2,1-3H3,(H,24,25,26)/t18-/m1/s1. The number of anilines is 1. The van der Waals surface area contributed by atoms with E-state index in [2.05, 4.69) is 58.5 Å². The molecule has 1 N–H and O–H groups in total. The fourth-order valence-corrected chi connectivity index (χ4v) is 5.16. The molecule has 0 saturated carbocycles. The second-order valence-electron chi connectivity index (χ2n) is 8.13. The normalized spacial score (nSPS) is 16.5. The lowest BCUT2D eigenvalue weighted by atomic mass is 10.1. The predicted octanol–water partition coefficient (Wildman–Crippen LogP) is 3.82. The summed E-state index contributed by atoms with van der Waals surface area (Å²) < 4.78 is 0. The molecule has 158 valence electrons. The van der Waals surface area contributed by atoms with Gasteiger partial charge < -0.3 is 15.1 Å². The van der Waals surface area contributed by atoms with Gasteiger partial charge >= 0.3 is 0 Å². The Labute approximate surface area is 181 Å². The number of thiophene rings is 1. The van der Waals surface area contributed by atoms with Crippen molar-refractivity contribution in [1.82, 2.24) is 19.8 Å². The predicted molar refractivity (Wildman–Crippen MR) is 123 cm³/mol. The molecule has 0 aliphatic carbocycles. The number of nitrogens with zero attached hydrogens (tertiary/aromatic N) is 4. The van der Waals surface area contributed by atoms with E-state index in [4.69, 9.17) is 0 Å². The van der Waals surface area contributed by atoms with Crippen LogP contribution >= 0.6 is 11.3 Å². The molecule has 0 radical (unpaired) electrons. The zero-order valence-corrected chi connectivity index (χ0v) is 18.7. The first-order chi connectivity index (χ1) is 14.5. The second-order valence-corrected chi connectivity index (χ2v) is 9.13. The van der Waals surface area contributed by atoms with Gasteiger partial charge in [-0.05, 0) is 51.4 Å². The molecule has 1 aliphatic heterocycles. The molecular formula is C23H29N5OS. The maximum Gasteiger partial charge on any atom is 0.264 e. The molecule has 7 heteroatoms. The van der Waals surface area contributed by atoms with Gasteiger partial charge in [-0.1, -0.05) is 30.3 Å². The second kappa shape index (κ2) is 9.10. The van der Waals surface area contributed by atoms with Gasteiger partial charge in [-0.25, -0.2) is 9.97 Å². The van der Waals surface area contributed by atoms with Crippen molar-refractivity contribution in [3.8, 4) is 0 Å². The maximum atomic E-state index is 13.2. The van der Waals surface area contributed by atoms with E-state index in [1.54, 1.807) is 6.33 Å². The minimum absolute atomic E-state index is 0.120. The number of aryl methyl sites for hydroxylation is 2. The van der Waals surface area contributed by atoms with Crippen LogP contribution in [-0.4, -0.2) is 65.4 Å². The van der Waals surface area contributed by atoms with Gasteiger partial charge in [0.15, 0.2) is 0 Å². The third-order valence-corrected chi connectivity index (χ3v) is 7.07. The Morgan fingerprint density at radius 1 is 1.27 bits per heavy atom. The molecule has 1 amide bonds. The smallest absolute Gasteiger partial charge is 0.264 e. The summed E-state index contributed by atoms with van der Waals surface area (Å²) in [5, 5.41) is 4.45. The maximum absolute atomic E-state index is 13.2. The van der Waals surface area contributed by atoms with E-state index in [1.807, 2.05) is 17.9 Å². The Bertz CT molecular complexity index is 1020. The van der Waals surface area contributed by atoms with Gasteiger partial charge in [0, 0.05) is 25.7 Å². The molecular weight excluding hydrogens is 394 g/mol. The number of likely N-dealkylation sites (N-methyl/N-ethyl adjacent to an activating group) is 1. The summed E-state index contributed by atoms with van der Waals surface area (Å²) in [4.78, 5) is 27.9. The molecule has 0 bridgehead atoms. The van der Waals surface area contributed by atoms with Crippen LogP contribution in [0.4, 0.5) is 5.82 Å². The molecule has 3 heterocycles. The molecule has 1 aromatic carbocycles. The highest BCUT2D eigenvalue weighted by atomic mass is 32.1. The SMILES string of the molecule is Cc1c(C(=O)N2CC[C@@H](N(C)C)C2)sc2ncnc(NCCCc3ccccc3)c12. The number of hydrogen-bond donors (Lipinski definition) is 1. The van der Waals surface area contributed by atoms with Crippen LogP contribution in [0.5, 0.6) is 0 Å². The number of nitrogens with one attached hydrogen (secondary N) is 1. The van der Waals surface area contributed by atoms with Crippen molar-refractivity contribution in [3.63, 3.8) is 0 Å². The number of carbonyl (C=O) groups excluding carboxylic acids is 1. The molecule has 4 rings (SSSR count). The summed E-state index contributed by atoms with van der Waals surface area (Å²) in [5.41, 5.74) is 2.33. The minimum atomic E-state index is 0.120. The van der Waals surface area contributed by atoms with Gasteiger partial charge in [-0.2, -0.15) is 0 Å². The quantitative estimate of drug-likeness (QED) is 0.586. The van der Waals surface area contributed by atoms with Crippen LogP contribution in [0.25, 0.3) is 10.2 Å². The zero-order chi connectivity index (χ0) is 21.1. The van der Waals surface area contributed by atoms with Crippen molar-refractivity contribution in [3.05, 3.63) is 52.7 Å². The molecule has 2 aromatic heterocycles. The third kappa shape index (κ3) is 4.32. The summed E-state index contributed by atoms with van der Waals surface area (Å²) in [6.45, 7) is 4.45. The van der Waals surface area contributed by atoms with E-state index < -0.39 is 0 Å². The summed E-state index contributed by atoms with van der Waals surface area (Å²) in [6, 6.07) is 10.9. The summed E-state index contributed by atoms with van der Waals surface area (Å²) in [6.07, 6.45) is 4.65. The first kappa shape index (κ1) is 20.8.